The van der Waals surface area contributed by atoms with E-state index in [2.05, 4.69) is 10.3 Å². The van der Waals surface area contributed by atoms with Crippen LogP contribution in [-0.2, 0) is 11.3 Å². The highest BCUT2D eigenvalue weighted by molar-refractivity contribution is 7.99. The minimum atomic E-state index is -0.171. The van der Waals surface area contributed by atoms with E-state index in [1.807, 2.05) is 38.1 Å². The zero-order chi connectivity index (χ0) is 19.4. The van der Waals surface area contributed by atoms with Gasteiger partial charge in [-0.15, -0.1) is 0 Å². The normalized spacial score (nSPS) is 10.9. The molecule has 1 N–H and O–H groups in total. The number of fused-ring (bicyclic) bond motifs is 1. The minimum absolute atomic E-state index is 0.0731. The molecule has 1 amide bonds. The first kappa shape index (κ1) is 19.5. The van der Waals surface area contributed by atoms with Gasteiger partial charge >= 0.3 is 0 Å². The fourth-order valence-electron chi connectivity index (χ4n) is 2.74. The van der Waals surface area contributed by atoms with Crippen LogP contribution in [0.15, 0.2) is 52.4 Å². The van der Waals surface area contributed by atoms with Gasteiger partial charge in [0.1, 0.15) is 0 Å². The van der Waals surface area contributed by atoms with E-state index in [1.165, 1.54) is 11.8 Å². The van der Waals surface area contributed by atoms with Gasteiger partial charge in [0.15, 0.2) is 5.16 Å². The molecule has 2 aromatic carbocycles. The number of carbonyl (C=O) groups is 1. The van der Waals surface area contributed by atoms with Gasteiger partial charge in [-0.3, -0.25) is 14.2 Å². The van der Waals surface area contributed by atoms with E-state index < -0.39 is 0 Å². The number of amides is 1. The van der Waals surface area contributed by atoms with E-state index in [4.69, 9.17) is 11.6 Å². The van der Waals surface area contributed by atoms with Crippen LogP contribution < -0.4 is 10.9 Å². The first-order valence-corrected chi connectivity index (χ1v) is 10.0. The zero-order valence-electron chi connectivity index (χ0n) is 15.2. The number of halogens is 1. The highest BCUT2D eigenvalue weighted by Crippen LogP contribution is 2.24. The second-order valence-electron chi connectivity index (χ2n) is 6.12. The second kappa shape index (κ2) is 8.59. The van der Waals surface area contributed by atoms with Crippen LogP contribution in [0.3, 0.4) is 0 Å². The molecule has 3 aromatic rings. The Morgan fingerprint density at radius 3 is 2.78 bits per heavy atom. The van der Waals surface area contributed by atoms with Crippen molar-refractivity contribution in [3.63, 3.8) is 0 Å². The highest BCUT2D eigenvalue weighted by atomic mass is 35.5. The Hall–Kier alpha value is -2.31. The lowest BCUT2D eigenvalue weighted by molar-refractivity contribution is -0.113. The molecule has 0 atom stereocenters. The molecule has 1 aromatic heterocycles. The molecule has 0 aliphatic carbocycles. The van der Waals surface area contributed by atoms with Gasteiger partial charge in [-0.05, 0) is 43.2 Å². The monoisotopic (exact) mass is 401 g/mol. The van der Waals surface area contributed by atoms with E-state index in [0.29, 0.717) is 33.3 Å². The van der Waals surface area contributed by atoms with E-state index in [1.54, 1.807) is 22.8 Å². The number of anilines is 1. The van der Waals surface area contributed by atoms with Gasteiger partial charge in [0, 0.05) is 17.3 Å². The van der Waals surface area contributed by atoms with Crippen LogP contribution in [0.25, 0.3) is 10.9 Å². The van der Waals surface area contributed by atoms with Gasteiger partial charge in [-0.1, -0.05) is 48.5 Å². The Morgan fingerprint density at radius 2 is 2.00 bits per heavy atom. The summed E-state index contributed by atoms with van der Waals surface area (Å²) >= 11 is 7.35. The predicted octanol–water partition coefficient (Wildman–Crippen LogP) is 4.50. The summed E-state index contributed by atoms with van der Waals surface area (Å²) in [5.74, 6) is -0.0173. The molecule has 0 radical (unpaired) electrons. The number of rotatable bonds is 6. The summed E-state index contributed by atoms with van der Waals surface area (Å²) in [6.45, 7) is 4.42. The number of benzene rings is 2. The average molecular weight is 402 g/mol. The van der Waals surface area contributed by atoms with Crippen LogP contribution in [0.1, 0.15) is 18.9 Å². The number of nitrogens with zero attached hydrogens (tertiary/aromatic N) is 2. The Kier molecular flexibility index (Phi) is 6.19. The van der Waals surface area contributed by atoms with Gasteiger partial charge < -0.3 is 5.32 Å². The van der Waals surface area contributed by atoms with Crippen molar-refractivity contribution in [1.29, 1.82) is 0 Å². The number of para-hydroxylation sites is 1. The molecule has 0 unspecified atom stereocenters. The number of carbonyl (C=O) groups excluding carboxylic acids is 1. The maximum absolute atomic E-state index is 12.8. The number of nitrogens with one attached hydrogen (secondary N) is 1. The zero-order valence-corrected chi connectivity index (χ0v) is 16.7. The van der Waals surface area contributed by atoms with Gasteiger partial charge in [0.05, 0.1) is 16.7 Å². The molecule has 27 heavy (non-hydrogen) atoms. The van der Waals surface area contributed by atoms with E-state index in [9.17, 15) is 9.59 Å². The van der Waals surface area contributed by atoms with E-state index in [0.717, 1.165) is 12.0 Å². The molecule has 0 spiro atoms. The van der Waals surface area contributed by atoms with Gasteiger partial charge in [-0.2, -0.15) is 0 Å². The standard InChI is InChI=1S/C20H20ClN3O2S/c1-3-11-24-19(26)14-7-4-5-9-17(14)23-20(24)27-12-18(25)22-16-10-6-8-15(21)13(16)2/h4-10H,3,11-12H2,1-2H3,(H,22,25). The molecule has 0 aliphatic rings. The molecule has 7 heteroatoms. The first-order valence-electron chi connectivity index (χ1n) is 8.68. The molecule has 0 saturated heterocycles. The van der Waals surface area contributed by atoms with Crippen molar-refractivity contribution >= 4 is 45.9 Å². The van der Waals surface area contributed by atoms with Gasteiger partial charge in [0.25, 0.3) is 5.56 Å². The molecule has 5 nitrogen and oxygen atoms in total. The van der Waals surface area contributed by atoms with Crippen molar-refractivity contribution in [3.05, 3.63) is 63.4 Å². The van der Waals surface area contributed by atoms with Crippen LogP contribution in [0.2, 0.25) is 5.02 Å². The third kappa shape index (κ3) is 4.34. The Bertz CT molecular complexity index is 1050. The number of aromatic nitrogens is 2. The summed E-state index contributed by atoms with van der Waals surface area (Å²) in [5.41, 5.74) is 2.08. The lowest BCUT2D eigenvalue weighted by Crippen LogP contribution is -2.24. The Labute approximate surface area is 166 Å². The summed E-state index contributed by atoms with van der Waals surface area (Å²) in [5, 5.41) is 4.62. The van der Waals surface area contributed by atoms with Crippen molar-refractivity contribution in [2.45, 2.75) is 32.0 Å². The molecule has 0 bridgehead atoms. The molecule has 0 saturated carbocycles. The van der Waals surface area contributed by atoms with Crippen LogP contribution in [0.5, 0.6) is 0 Å². The summed E-state index contributed by atoms with van der Waals surface area (Å²) in [6.07, 6.45) is 0.807. The predicted molar refractivity (Wildman–Crippen MR) is 112 cm³/mol. The molecule has 3 rings (SSSR count). The third-order valence-electron chi connectivity index (χ3n) is 4.15. The largest absolute Gasteiger partial charge is 0.325 e. The third-order valence-corrected chi connectivity index (χ3v) is 5.53. The molecular formula is C20H20ClN3O2S. The molecule has 140 valence electrons. The molecule has 1 heterocycles. The van der Waals surface area contributed by atoms with Crippen molar-refractivity contribution in [2.75, 3.05) is 11.1 Å². The first-order chi connectivity index (χ1) is 13.0. The van der Waals surface area contributed by atoms with Crippen LogP contribution in [0, 0.1) is 6.92 Å². The summed E-state index contributed by atoms with van der Waals surface area (Å²) in [7, 11) is 0. The number of hydrogen-bond donors (Lipinski definition) is 1. The van der Waals surface area contributed by atoms with Crippen LogP contribution in [-0.4, -0.2) is 21.2 Å². The van der Waals surface area contributed by atoms with Crippen molar-refractivity contribution in [1.82, 2.24) is 9.55 Å². The SMILES string of the molecule is CCCn1c(SCC(=O)Nc2cccc(Cl)c2C)nc2ccccc2c1=O. The molecule has 0 aliphatic heterocycles. The van der Waals surface area contributed by atoms with Gasteiger partial charge in [0.2, 0.25) is 5.91 Å². The maximum Gasteiger partial charge on any atom is 0.262 e. The summed E-state index contributed by atoms with van der Waals surface area (Å²) in [6, 6.07) is 12.7. The lowest BCUT2D eigenvalue weighted by Gasteiger charge is -2.13. The Balaban J connectivity index is 1.81. The van der Waals surface area contributed by atoms with E-state index in [-0.39, 0.29) is 17.2 Å². The lowest BCUT2D eigenvalue weighted by atomic mass is 10.2. The topological polar surface area (TPSA) is 64.0 Å². The average Bonchev–Trinajstić information content (AvgIpc) is 2.66. The summed E-state index contributed by atoms with van der Waals surface area (Å²) in [4.78, 5) is 29.7. The minimum Gasteiger partial charge on any atom is -0.325 e. The molecule has 0 fully saturated rings. The Morgan fingerprint density at radius 1 is 1.22 bits per heavy atom. The van der Waals surface area contributed by atoms with Crippen LogP contribution >= 0.6 is 23.4 Å². The fourth-order valence-corrected chi connectivity index (χ4v) is 3.74. The van der Waals surface area contributed by atoms with Crippen molar-refractivity contribution in [3.8, 4) is 0 Å². The maximum atomic E-state index is 12.8. The number of thioether (sulfide) groups is 1. The molecular weight excluding hydrogens is 382 g/mol. The second-order valence-corrected chi connectivity index (χ2v) is 7.47. The fraction of sp³-hybridized carbons (Fsp3) is 0.250. The smallest absolute Gasteiger partial charge is 0.262 e. The van der Waals surface area contributed by atoms with Gasteiger partial charge in [-0.25, -0.2) is 4.98 Å². The number of hydrogen-bond acceptors (Lipinski definition) is 4. The van der Waals surface area contributed by atoms with E-state index >= 15 is 0 Å². The highest BCUT2D eigenvalue weighted by Gasteiger charge is 2.13. The van der Waals surface area contributed by atoms with Crippen molar-refractivity contribution < 1.29 is 4.79 Å². The summed E-state index contributed by atoms with van der Waals surface area (Å²) < 4.78 is 1.64. The van der Waals surface area contributed by atoms with Crippen molar-refractivity contribution in [2.24, 2.45) is 0 Å². The van der Waals surface area contributed by atoms with Crippen LogP contribution in [0.4, 0.5) is 5.69 Å². The quantitative estimate of drug-likeness (QED) is 0.488.